The van der Waals surface area contributed by atoms with Crippen molar-refractivity contribution in [3.63, 3.8) is 0 Å². The van der Waals surface area contributed by atoms with E-state index >= 15 is 0 Å². The number of hydrogen-bond acceptors (Lipinski definition) is 5. The number of carbonyl (C=O) groups is 1. The lowest BCUT2D eigenvalue weighted by Crippen LogP contribution is -2.41. The van der Waals surface area contributed by atoms with E-state index < -0.39 is 11.9 Å². The molecule has 8 heteroatoms. The number of amidine groups is 1. The minimum atomic E-state index is -0.898. The second-order valence-electron chi connectivity index (χ2n) is 10.1. The van der Waals surface area contributed by atoms with Crippen LogP contribution in [0.3, 0.4) is 0 Å². The fourth-order valence-electron chi connectivity index (χ4n) is 5.22. The molecule has 5 N–H and O–H groups in total. The molecule has 0 bridgehead atoms. The Morgan fingerprint density at radius 1 is 0.727 bits per heavy atom. The van der Waals surface area contributed by atoms with Crippen LogP contribution in [-0.4, -0.2) is 18.9 Å². The fraction of sp³-hybridized carbons (Fsp3) is 0.111. The molecule has 1 atom stereocenters. The van der Waals surface area contributed by atoms with Crippen LogP contribution in [0.2, 0.25) is 0 Å². The summed E-state index contributed by atoms with van der Waals surface area (Å²) in [7, 11) is 1.57. The first kappa shape index (κ1) is 31.7. The molecule has 44 heavy (non-hydrogen) atoms. The molecule has 224 valence electrons. The number of primary amides is 1. The number of rotatable bonds is 12. The number of halogens is 1. The zero-order valence-electron chi connectivity index (χ0n) is 24.3. The third-order valence-corrected chi connectivity index (χ3v) is 7.27. The molecule has 1 amide bonds. The number of nitrogens with zero attached hydrogens (tertiary/aromatic N) is 1. The van der Waals surface area contributed by atoms with Crippen LogP contribution >= 0.6 is 12.4 Å². The van der Waals surface area contributed by atoms with Gasteiger partial charge in [-0.05, 0) is 58.7 Å². The van der Waals surface area contributed by atoms with E-state index in [-0.39, 0.29) is 24.3 Å². The summed E-state index contributed by atoms with van der Waals surface area (Å²) in [6, 6.07) is 41.3. The number of methoxy groups -OCH3 is 1. The van der Waals surface area contributed by atoms with Gasteiger partial charge in [-0.1, -0.05) is 97.1 Å². The molecular weight excluding hydrogens is 572 g/mol. The van der Waals surface area contributed by atoms with Gasteiger partial charge in [0.15, 0.2) is 11.5 Å². The number of hydrogen-bond donors (Lipinski definition) is 3. The molecule has 0 aliphatic rings. The lowest BCUT2D eigenvalue weighted by molar-refractivity contribution is -0.119. The van der Waals surface area contributed by atoms with Gasteiger partial charge in [-0.3, -0.25) is 10.2 Å². The molecule has 0 spiro atoms. The molecule has 0 aliphatic carbocycles. The smallest absolute Gasteiger partial charge is 0.244 e. The standard InChI is InChI=1S/C36H34N4O3.ClH/c1-42-32-23-29(19-22-31(32)43-24-25-11-5-2-6-12-25)34(36(39)41)40(30-20-17-28(18-21-30)35(37)38)33(26-13-7-3-8-14-26)27-15-9-4-10-16-27;/h2-23,33-34H,24H2,1H3,(H3,37,38)(H2,39,41);1H. The monoisotopic (exact) mass is 606 g/mol. The summed E-state index contributed by atoms with van der Waals surface area (Å²) in [4.78, 5) is 15.5. The van der Waals surface area contributed by atoms with Crippen molar-refractivity contribution in [1.82, 2.24) is 0 Å². The van der Waals surface area contributed by atoms with Gasteiger partial charge in [-0.15, -0.1) is 12.4 Å². The van der Waals surface area contributed by atoms with Crippen LogP contribution in [0.5, 0.6) is 11.5 Å². The van der Waals surface area contributed by atoms with E-state index in [4.69, 9.17) is 26.4 Å². The van der Waals surface area contributed by atoms with Gasteiger partial charge in [-0.25, -0.2) is 0 Å². The zero-order valence-corrected chi connectivity index (χ0v) is 25.1. The van der Waals surface area contributed by atoms with Crippen LogP contribution < -0.4 is 25.8 Å². The number of nitrogen functional groups attached to an aromatic ring is 1. The largest absolute Gasteiger partial charge is 0.493 e. The van der Waals surface area contributed by atoms with Gasteiger partial charge in [0.1, 0.15) is 18.5 Å². The number of nitrogens with one attached hydrogen (secondary N) is 1. The average molecular weight is 607 g/mol. The lowest BCUT2D eigenvalue weighted by atomic mass is 9.92. The Bertz CT molecular complexity index is 1630. The Balaban J connectivity index is 0.00000442. The Labute approximate surface area is 264 Å². The number of nitrogens with two attached hydrogens (primary N) is 2. The summed E-state index contributed by atoms with van der Waals surface area (Å²) in [5, 5.41) is 7.87. The maximum Gasteiger partial charge on any atom is 0.244 e. The molecule has 0 fully saturated rings. The molecular formula is C36H35ClN4O3. The van der Waals surface area contributed by atoms with Gasteiger partial charge in [0.05, 0.1) is 13.2 Å². The molecule has 5 aromatic carbocycles. The number of benzene rings is 5. The minimum Gasteiger partial charge on any atom is -0.493 e. The maximum absolute atomic E-state index is 13.5. The fourth-order valence-corrected chi connectivity index (χ4v) is 5.22. The van der Waals surface area contributed by atoms with Crippen LogP contribution in [-0.2, 0) is 11.4 Å². The van der Waals surface area contributed by atoms with Crippen molar-refractivity contribution in [2.75, 3.05) is 12.0 Å². The van der Waals surface area contributed by atoms with Crippen LogP contribution in [0.25, 0.3) is 0 Å². The van der Waals surface area contributed by atoms with Gasteiger partial charge in [0.25, 0.3) is 0 Å². The second-order valence-corrected chi connectivity index (χ2v) is 10.1. The number of carbonyl (C=O) groups excluding carboxylic acids is 1. The summed E-state index contributed by atoms with van der Waals surface area (Å²) in [5.41, 5.74) is 16.9. The zero-order chi connectivity index (χ0) is 30.2. The molecule has 0 saturated carbocycles. The molecule has 0 heterocycles. The van der Waals surface area contributed by atoms with Gasteiger partial charge in [0.2, 0.25) is 5.91 Å². The number of ether oxygens (including phenoxy) is 2. The van der Waals surface area contributed by atoms with E-state index in [1.54, 1.807) is 25.3 Å². The number of amides is 1. The van der Waals surface area contributed by atoms with E-state index in [9.17, 15) is 4.79 Å². The first-order valence-corrected chi connectivity index (χ1v) is 13.9. The molecule has 0 radical (unpaired) electrons. The SMILES string of the molecule is COc1cc(C(C(N)=O)N(c2ccc(C(=N)N)cc2)C(c2ccccc2)c2ccccc2)ccc1OCc1ccccc1.Cl. The predicted octanol–water partition coefficient (Wildman–Crippen LogP) is 6.80. The summed E-state index contributed by atoms with van der Waals surface area (Å²) in [5.74, 6) is 0.469. The molecule has 1 unspecified atom stereocenters. The summed E-state index contributed by atoms with van der Waals surface area (Å²) in [6.45, 7) is 0.370. The number of anilines is 1. The van der Waals surface area contributed by atoms with Gasteiger partial charge in [0, 0.05) is 11.3 Å². The summed E-state index contributed by atoms with van der Waals surface area (Å²) >= 11 is 0. The maximum atomic E-state index is 13.5. The van der Waals surface area contributed by atoms with Crippen molar-refractivity contribution >= 4 is 29.8 Å². The highest BCUT2D eigenvalue weighted by atomic mass is 35.5. The van der Waals surface area contributed by atoms with Gasteiger partial charge >= 0.3 is 0 Å². The lowest BCUT2D eigenvalue weighted by Gasteiger charge is -2.39. The molecule has 5 aromatic rings. The Kier molecular flexibility index (Phi) is 10.6. The van der Waals surface area contributed by atoms with Crippen molar-refractivity contribution < 1.29 is 14.3 Å². The molecule has 0 aliphatic heterocycles. The van der Waals surface area contributed by atoms with E-state index in [1.807, 2.05) is 120 Å². The van der Waals surface area contributed by atoms with Crippen molar-refractivity contribution in [2.45, 2.75) is 18.7 Å². The molecule has 7 nitrogen and oxygen atoms in total. The van der Waals surface area contributed by atoms with Crippen LogP contribution in [0.15, 0.2) is 133 Å². The van der Waals surface area contributed by atoms with E-state index in [0.717, 1.165) is 22.4 Å². The van der Waals surface area contributed by atoms with Gasteiger partial charge < -0.3 is 25.8 Å². The first-order chi connectivity index (χ1) is 21.0. The van der Waals surface area contributed by atoms with Crippen molar-refractivity contribution in [3.05, 3.63) is 161 Å². The highest BCUT2D eigenvalue weighted by molar-refractivity contribution is 5.95. The molecule has 5 rings (SSSR count). The van der Waals surface area contributed by atoms with E-state index in [0.29, 0.717) is 29.2 Å². The highest BCUT2D eigenvalue weighted by Gasteiger charge is 2.34. The predicted molar refractivity (Wildman–Crippen MR) is 178 cm³/mol. The molecule has 0 saturated heterocycles. The van der Waals surface area contributed by atoms with Crippen molar-refractivity contribution in [3.8, 4) is 11.5 Å². The summed E-state index contributed by atoms with van der Waals surface area (Å²) < 4.78 is 11.8. The molecule has 0 aromatic heterocycles. The van der Waals surface area contributed by atoms with Crippen LogP contribution in [0.4, 0.5) is 5.69 Å². The third kappa shape index (κ3) is 7.19. The topological polar surface area (TPSA) is 115 Å². The van der Waals surface area contributed by atoms with Crippen molar-refractivity contribution in [1.29, 1.82) is 5.41 Å². The normalized spacial score (nSPS) is 11.2. The Morgan fingerprint density at radius 3 is 1.77 bits per heavy atom. The highest BCUT2D eigenvalue weighted by Crippen LogP contribution is 2.41. The first-order valence-electron chi connectivity index (χ1n) is 13.9. The quantitative estimate of drug-likeness (QED) is 0.107. The van der Waals surface area contributed by atoms with Crippen LogP contribution in [0, 0.1) is 5.41 Å². The van der Waals surface area contributed by atoms with Crippen LogP contribution in [0.1, 0.15) is 39.9 Å². The van der Waals surface area contributed by atoms with Gasteiger partial charge in [-0.2, -0.15) is 0 Å². The Hall–Kier alpha value is -5.27. The third-order valence-electron chi connectivity index (χ3n) is 7.27. The van der Waals surface area contributed by atoms with E-state index in [2.05, 4.69) is 0 Å². The van der Waals surface area contributed by atoms with E-state index in [1.165, 1.54) is 0 Å². The van der Waals surface area contributed by atoms with Crippen molar-refractivity contribution in [2.24, 2.45) is 11.5 Å². The Morgan fingerprint density at radius 2 is 1.27 bits per heavy atom. The minimum absolute atomic E-state index is 0. The summed E-state index contributed by atoms with van der Waals surface area (Å²) in [6.07, 6.45) is 0. The second kappa shape index (κ2) is 14.8. The average Bonchev–Trinajstić information content (AvgIpc) is 3.05.